The molecule has 2 aromatic carbocycles. The van der Waals surface area contributed by atoms with Gasteiger partial charge in [0.2, 0.25) is 5.91 Å². The Bertz CT molecular complexity index is 748. The fourth-order valence-corrected chi connectivity index (χ4v) is 2.22. The van der Waals surface area contributed by atoms with E-state index in [1.165, 1.54) is 6.26 Å². The molecule has 1 amide bonds. The summed E-state index contributed by atoms with van der Waals surface area (Å²) in [5, 5.41) is 8.87. The minimum absolute atomic E-state index is 0.0987. The van der Waals surface area contributed by atoms with E-state index >= 15 is 0 Å². The molecular formula is C16H14N2O2. The summed E-state index contributed by atoms with van der Waals surface area (Å²) >= 11 is 0. The standard InChI is InChI=1S/C16H14N2O2/c1-11-6-7-12-4-2-3-5-14(12)16(11)17-15(19)10-13-8-9-20-18-13/h2-9H,10H2,1H3,(H,17,19). The van der Waals surface area contributed by atoms with Gasteiger partial charge in [0.05, 0.1) is 17.8 Å². The number of nitrogens with zero attached hydrogens (tertiary/aromatic N) is 1. The van der Waals surface area contributed by atoms with Crippen LogP contribution in [-0.4, -0.2) is 11.1 Å². The van der Waals surface area contributed by atoms with Gasteiger partial charge in [-0.05, 0) is 17.9 Å². The third kappa shape index (κ3) is 2.40. The minimum atomic E-state index is -0.0987. The maximum atomic E-state index is 12.1. The number of aryl methyl sites for hydroxylation is 1. The number of amides is 1. The first kappa shape index (κ1) is 12.4. The molecule has 4 heteroatoms. The molecule has 1 heterocycles. The summed E-state index contributed by atoms with van der Waals surface area (Å²) in [4.78, 5) is 12.1. The lowest BCUT2D eigenvalue weighted by Crippen LogP contribution is -2.15. The number of hydrogen-bond acceptors (Lipinski definition) is 3. The second-order valence-corrected chi connectivity index (χ2v) is 4.69. The number of rotatable bonds is 3. The van der Waals surface area contributed by atoms with E-state index in [1.807, 2.05) is 37.3 Å². The first-order chi connectivity index (χ1) is 9.74. The molecule has 0 atom stereocenters. The van der Waals surface area contributed by atoms with Crippen molar-refractivity contribution < 1.29 is 9.32 Å². The number of anilines is 1. The summed E-state index contributed by atoms with van der Waals surface area (Å²) in [6, 6.07) is 13.7. The number of carbonyl (C=O) groups is 1. The van der Waals surface area contributed by atoms with Crippen molar-refractivity contribution in [2.24, 2.45) is 0 Å². The highest BCUT2D eigenvalue weighted by molar-refractivity contribution is 6.03. The van der Waals surface area contributed by atoms with Crippen LogP contribution in [0.15, 0.2) is 53.3 Å². The number of aromatic nitrogens is 1. The van der Waals surface area contributed by atoms with Crippen molar-refractivity contribution in [2.45, 2.75) is 13.3 Å². The third-order valence-corrected chi connectivity index (χ3v) is 3.23. The molecule has 0 spiro atoms. The smallest absolute Gasteiger partial charge is 0.230 e. The van der Waals surface area contributed by atoms with Crippen LogP contribution in [0.4, 0.5) is 5.69 Å². The number of hydrogen-bond donors (Lipinski definition) is 1. The second-order valence-electron chi connectivity index (χ2n) is 4.69. The molecule has 0 aliphatic rings. The van der Waals surface area contributed by atoms with E-state index in [4.69, 9.17) is 4.52 Å². The van der Waals surface area contributed by atoms with Gasteiger partial charge in [-0.25, -0.2) is 0 Å². The highest BCUT2D eigenvalue weighted by atomic mass is 16.5. The van der Waals surface area contributed by atoms with Crippen LogP contribution in [0, 0.1) is 6.92 Å². The Morgan fingerprint density at radius 3 is 2.85 bits per heavy atom. The molecule has 0 bridgehead atoms. The van der Waals surface area contributed by atoms with Crippen molar-refractivity contribution in [3.05, 3.63) is 60.0 Å². The Kier molecular flexibility index (Phi) is 3.21. The zero-order valence-electron chi connectivity index (χ0n) is 11.1. The lowest BCUT2D eigenvalue weighted by Gasteiger charge is -2.11. The first-order valence-corrected chi connectivity index (χ1v) is 6.41. The van der Waals surface area contributed by atoms with Crippen molar-refractivity contribution in [1.29, 1.82) is 0 Å². The Hall–Kier alpha value is -2.62. The molecule has 1 N–H and O–H groups in total. The third-order valence-electron chi connectivity index (χ3n) is 3.23. The summed E-state index contributed by atoms with van der Waals surface area (Å²) in [5.74, 6) is -0.0987. The number of fused-ring (bicyclic) bond motifs is 1. The van der Waals surface area contributed by atoms with E-state index in [9.17, 15) is 4.79 Å². The molecule has 4 nitrogen and oxygen atoms in total. The largest absolute Gasteiger partial charge is 0.364 e. The van der Waals surface area contributed by atoms with Gasteiger partial charge in [0.25, 0.3) is 0 Å². The molecule has 0 radical (unpaired) electrons. The zero-order valence-corrected chi connectivity index (χ0v) is 11.1. The molecule has 1 aromatic heterocycles. The summed E-state index contributed by atoms with van der Waals surface area (Å²) in [6.07, 6.45) is 1.67. The van der Waals surface area contributed by atoms with Crippen LogP contribution in [0.5, 0.6) is 0 Å². The fourth-order valence-electron chi connectivity index (χ4n) is 2.22. The molecule has 0 aliphatic heterocycles. The van der Waals surface area contributed by atoms with Gasteiger partial charge >= 0.3 is 0 Å². The molecule has 0 unspecified atom stereocenters. The molecular weight excluding hydrogens is 252 g/mol. The van der Waals surface area contributed by atoms with Gasteiger partial charge in [0.1, 0.15) is 6.26 Å². The molecule has 0 aliphatic carbocycles. The number of carbonyl (C=O) groups excluding carboxylic acids is 1. The molecule has 0 saturated carbocycles. The van der Waals surface area contributed by atoms with Crippen LogP contribution < -0.4 is 5.32 Å². The number of nitrogens with one attached hydrogen (secondary N) is 1. The topological polar surface area (TPSA) is 55.1 Å². The SMILES string of the molecule is Cc1ccc2ccccc2c1NC(=O)Cc1ccon1. The van der Waals surface area contributed by atoms with Crippen LogP contribution >= 0.6 is 0 Å². The normalized spacial score (nSPS) is 10.7. The second kappa shape index (κ2) is 5.17. The molecule has 100 valence electrons. The summed E-state index contributed by atoms with van der Waals surface area (Å²) in [7, 11) is 0. The van der Waals surface area contributed by atoms with Gasteiger partial charge in [0.15, 0.2) is 0 Å². The first-order valence-electron chi connectivity index (χ1n) is 6.41. The van der Waals surface area contributed by atoms with Gasteiger partial charge in [-0.2, -0.15) is 0 Å². The lowest BCUT2D eigenvalue weighted by atomic mass is 10.0. The van der Waals surface area contributed by atoms with Crippen LogP contribution in [0.3, 0.4) is 0 Å². The Balaban J connectivity index is 1.90. The van der Waals surface area contributed by atoms with E-state index in [0.29, 0.717) is 5.69 Å². The van der Waals surface area contributed by atoms with Crippen LogP contribution in [0.2, 0.25) is 0 Å². The van der Waals surface area contributed by atoms with Gasteiger partial charge in [-0.3, -0.25) is 4.79 Å². The summed E-state index contributed by atoms with van der Waals surface area (Å²) in [6.45, 7) is 1.98. The summed E-state index contributed by atoms with van der Waals surface area (Å²) in [5.41, 5.74) is 2.52. The van der Waals surface area contributed by atoms with Crippen molar-refractivity contribution in [2.75, 3.05) is 5.32 Å². The van der Waals surface area contributed by atoms with Gasteiger partial charge < -0.3 is 9.84 Å². The van der Waals surface area contributed by atoms with E-state index < -0.39 is 0 Å². The highest BCUT2D eigenvalue weighted by Crippen LogP contribution is 2.27. The highest BCUT2D eigenvalue weighted by Gasteiger charge is 2.10. The van der Waals surface area contributed by atoms with Crippen LogP contribution in [0.1, 0.15) is 11.3 Å². The summed E-state index contributed by atoms with van der Waals surface area (Å²) < 4.78 is 4.73. The Labute approximate surface area is 116 Å². The van der Waals surface area contributed by atoms with E-state index in [2.05, 4.69) is 16.5 Å². The van der Waals surface area contributed by atoms with Crippen molar-refractivity contribution in [1.82, 2.24) is 5.16 Å². The molecule has 20 heavy (non-hydrogen) atoms. The van der Waals surface area contributed by atoms with Crippen LogP contribution in [-0.2, 0) is 11.2 Å². The zero-order chi connectivity index (χ0) is 13.9. The fraction of sp³-hybridized carbons (Fsp3) is 0.125. The number of benzene rings is 2. The minimum Gasteiger partial charge on any atom is -0.364 e. The monoisotopic (exact) mass is 266 g/mol. The molecule has 0 saturated heterocycles. The Morgan fingerprint density at radius 1 is 1.20 bits per heavy atom. The quantitative estimate of drug-likeness (QED) is 0.791. The Morgan fingerprint density at radius 2 is 2.05 bits per heavy atom. The van der Waals surface area contributed by atoms with Gasteiger partial charge in [0, 0.05) is 11.5 Å². The van der Waals surface area contributed by atoms with E-state index in [0.717, 1.165) is 22.0 Å². The average Bonchev–Trinajstić information content (AvgIpc) is 2.95. The van der Waals surface area contributed by atoms with Crippen molar-refractivity contribution in [3.63, 3.8) is 0 Å². The van der Waals surface area contributed by atoms with E-state index in [-0.39, 0.29) is 12.3 Å². The van der Waals surface area contributed by atoms with E-state index in [1.54, 1.807) is 6.07 Å². The maximum absolute atomic E-state index is 12.1. The predicted octanol–water partition coefficient (Wildman–Crippen LogP) is 3.32. The van der Waals surface area contributed by atoms with Crippen molar-refractivity contribution in [3.8, 4) is 0 Å². The molecule has 3 rings (SSSR count). The molecule has 0 fully saturated rings. The van der Waals surface area contributed by atoms with Crippen LogP contribution in [0.25, 0.3) is 10.8 Å². The van der Waals surface area contributed by atoms with Gasteiger partial charge in [-0.15, -0.1) is 0 Å². The molecule has 3 aromatic rings. The van der Waals surface area contributed by atoms with Gasteiger partial charge in [-0.1, -0.05) is 41.6 Å². The predicted molar refractivity (Wildman–Crippen MR) is 77.5 cm³/mol. The average molecular weight is 266 g/mol. The maximum Gasteiger partial charge on any atom is 0.230 e. The lowest BCUT2D eigenvalue weighted by molar-refractivity contribution is -0.115. The van der Waals surface area contributed by atoms with Crippen molar-refractivity contribution >= 4 is 22.4 Å².